The van der Waals surface area contributed by atoms with Crippen LogP contribution in [0, 0.1) is 6.92 Å². The zero-order chi connectivity index (χ0) is 15.6. The van der Waals surface area contributed by atoms with Crippen molar-refractivity contribution in [2.24, 2.45) is 0 Å². The van der Waals surface area contributed by atoms with E-state index in [4.69, 9.17) is 16.3 Å². The van der Waals surface area contributed by atoms with Gasteiger partial charge >= 0.3 is 0 Å². The van der Waals surface area contributed by atoms with Gasteiger partial charge < -0.3 is 19.8 Å². The minimum absolute atomic E-state index is 0.0999. The molecule has 0 bridgehead atoms. The Labute approximate surface area is 129 Å². The van der Waals surface area contributed by atoms with Crippen LogP contribution in [0.15, 0.2) is 18.2 Å². The van der Waals surface area contributed by atoms with E-state index in [9.17, 15) is 15.0 Å². The van der Waals surface area contributed by atoms with Crippen LogP contribution in [0.1, 0.15) is 18.9 Å². The molecule has 2 N–H and O–H groups in total. The minimum Gasteiger partial charge on any atom is -0.483 e. The highest BCUT2D eigenvalue weighted by molar-refractivity contribution is 6.30. The van der Waals surface area contributed by atoms with Crippen molar-refractivity contribution < 1.29 is 19.7 Å². The number of nitrogens with zero attached hydrogens (tertiary/aromatic N) is 1. The molecule has 0 radical (unpaired) electrons. The lowest BCUT2D eigenvalue weighted by molar-refractivity contribution is -0.148. The first kappa shape index (κ1) is 16.1. The van der Waals surface area contributed by atoms with Gasteiger partial charge in [0, 0.05) is 18.1 Å². The van der Waals surface area contributed by atoms with E-state index in [1.807, 2.05) is 6.92 Å². The van der Waals surface area contributed by atoms with Crippen molar-refractivity contribution in [1.82, 2.24) is 4.90 Å². The Kier molecular flexibility index (Phi) is 4.76. The fourth-order valence-corrected chi connectivity index (χ4v) is 2.48. The Morgan fingerprint density at radius 2 is 2.29 bits per heavy atom. The summed E-state index contributed by atoms with van der Waals surface area (Å²) in [6.07, 6.45) is -0.590. The van der Waals surface area contributed by atoms with E-state index in [2.05, 4.69) is 0 Å². The molecule has 1 aliphatic rings. The van der Waals surface area contributed by atoms with Crippen LogP contribution in [0.25, 0.3) is 0 Å². The third-order valence-electron chi connectivity index (χ3n) is 3.84. The number of amides is 1. The van der Waals surface area contributed by atoms with Gasteiger partial charge in [-0.3, -0.25) is 4.79 Å². The minimum atomic E-state index is -1.13. The van der Waals surface area contributed by atoms with Gasteiger partial charge in [-0.2, -0.15) is 0 Å². The molecule has 6 heteroatoms. The molecule has 1 fully saturated rings. The lowest BCUT2D eigenvalue weighted by Crippen LogP contribution is -2.56. The first-order valence-corrected chi connectivity index (χ1v) is 7.24. The summed E-state index contributed by atoms with van der Waals surface area (Å²) in [4.78, 5) is 13.6. The highest BCUT2D eigenvalue weighted by Crippen LogP contribution is 2.23. The van der Waals surface area contributed by atoms with Crippen molar-refractivity contribution in [3.63, 3.8) is 0 Å². The summed E-state index contributed by atoms with van der Waals surface area (Å²) in [5, 5.41) is 20.3. The smallest absolute Gasteiger partial charge is 0.260 e. The summed E-state index contributed by atoms with van der Waals surface area (Å²) in [7, 11) is 0. The number of hydrogen-bond donors (Lipinski definition) is 2. The van der Waals surface area contributed by atoms with Gasteiger partial charge in [0.2, 0.25) is 0 Å². The van der Waals surface area contributed by atoms with Crippen LogP contribution in [-0.4, -0.2) is 52.4 Å². The molecule has 1 aromatic rings. The average Bonchev–Trinajstić information content (AvgIpc) is 2.40. The van der Waals surface area contributed by atoms with E-state index >= 15 is 0 Å². The van der Waals surface area contributed by atoms with Gasteiger partial charge in [-0.1, -0.05) is 11.6 Å². The summed E-state index contributed by atoms with van der Waals surface area (Å²) < 4.78 is 5.50. The topological polar surface area (TPSA) is 70.0 Å². The molecule has 2 unspecified atom stereocenters. The number of halogens is 1. The van der Waals surface area contributed by atoms with Crippen LogP contribution in [0.5, 0.6) is 5.75 Å². The third kappa shape index (κ3) is 3.87. The Balaban J connectivity index is 1.90. The molecule has 116 valence electrons. The van der Waals surface area contributed by atoms with Crippen LogP contribution in [0.2, 0.25) is 5.02 Å². The maximum atomic E-state index is 12.1. The van der Waals surface area contributed by atoms with Crippen LogP contribution in [0.3, 0.4) is 0 Å². The molecule has 0 spiro atoms. The van der Waals surface area contributed by atoms with Gasteiger partial charge in [0.15, 0.2) is 6.61 Å². The van der Waals surface area contributed by atoms with Crippen molar-refractivity contribution in [2.75, 3.05) is 19.7 Å². The quantitative estimate of drug-likeness (QED) is 0.884. The van der Waals surface area contributed by atoms with E-state index in [1.165, 1.54) is 4.90 Å². The first-order valence-electron chi connectivity index (χ1n) is 6.87. The molecule has 1 amide bonds. The van der Waals surface area contributed by atoms with Crippen molar-refractivity contribution in [3.8, 4) is 5.75 Å². The molecule has 21 heavy (non-hydrogen) atoms. The normalized spacial score (nSPS) is 25.8. The third-order valence-corrected chi connectivity index (χ3v) is 4.07. The summed E-state index contributed by atoms with van der Waals surface area (Å²) in [5.74, 6) is 0.399. The Hall–Kier alpha value is -1.30. The number of aliphatic hydroxyl groups excluding tert-OH is 1. The van der Waals surface area contributed by atoms with Gasteiger partial charge in [-0.15, -0.1) is 0 Å². The van der Waals surface area contributed by atoms with Gasteiger partial charge in [0.25, 0.3) is 5.91 Å². The first-order chi connectivity index (χ1) is 9.79. The van der Waals surface area contributed by atoms with E-state index < -0.39 is 11.7 Å². The molecule has 0 aromatic heterocycles. The van der Waals surface area contributed by atoms with Crippen LogP contribution < -0.4 is 4.74 Å². The SMILES string of the molecule is Cc1cc(Cl)ccc1OCC(=O)N1CCC(C)(O)C(O)C1. The fourth-order valence-electron chi connectivity index (χ4n) is 2.26. The second-order valence-electron chi connectivity index (χ2n) is 5.66. The van der Waals surface area contributed by atoms with Crippen LogP contribution >= 0.6 is 11.6 Å². The number of likely N-dealkylation sites (tertiary alicyclic amines) is 1. The predicted octanol–water partition coefficient (Wildman–Crippen LogP) is 1.37. The molecule has 1 aliphatic heterocycles. The Morgan fingerprint density at radius 3 is 2.90 bits per heavy atom. The molecule has 2 rings (SSSR count). The molecule has 5 nitrogen and oxygen atoms in total. The van der Waals surface area contributed by atoms with Gasteiger partial charge in [-0.25, -0.2) is 0 Å². The van der Waals surface area contributed by atoms with Gasteiger partial charge in [0.1, 0.15) is 5.75 Å². The van der Waals surface area contributed by atoms with Crippen LogP contribution in [0.4, 0.5) is 0 Å². The standard InChI is InChI=1S/C15H20ClNO4/c1-10-7-11(16)3-4-12(10)21-9-14(19)17-6-5-15(2,20)13(18)8-17/h3-4,7,13,18,20H,5-6,8-9H2,1-2H3. The number of β-amino-alcohol motifs (C(OH)–C–C–N with tert-alkyl or cyclic N) is 1. The van der Waals surface area contributed by atoms with E-state index in [0.717, 1.165) is 5.56 Å². The molecular formula is C15H20ClNO4. The second kappa shape index (κ2) is 6.22. The van der Waals surface area contributed by atoms with Crippen molar-refractivity contribution in [1.29, 1.82) is 0 Å². The summed E-state index contributed by atoms with van der Waals surface area (Å²) in [6.45, 7) is 3.86. The molecule has 0 aliphatic carbocycles. The monoisotopic (exact) mass is 313 g/mol. The molecule has 1 saturated heterocycles. The number of aliphatic hydroxyl groups is 2. The van der Waals surface area contributed by atoms with Crippen molar-refractivity contribution in [2.45, 2.75) is 32.0 Å². The number of ether oxygens (including phenoxy) is 1. The van der Waals surface area contributed by atoms with Gasteiger partial charge in [-0.05, 0) is 44.0 Å². The number of carbonyl (C=O) groups is 1. The zero-order valence-electron chi connectivity index (χ0n) is 12.2. The maximum Gasteiger partial charge on any atom is 0.260 e. The van der Waals surface area contributed by atoms with E-state index in [0.29, 0.717) is 23.7 Å². The lowest BCUT2D eigenvalue weighted by atomic mass is 9.91. The number of aryl methyl sites for hydroxylation is 1. The largest absolute Gasteiger partial charge is 0.483 e. The summed E-state index contributed by atoms with van der Waals surface area (Å²) >= 11 is 5.86. The number of piperidine rings is 1. The van der Waals surface area contributed by atoms with Crippen molar-refractivity contribution in [3.05, 3.63) is 28.8 Å². The average molecular weight is 314 g/mol. The molecule has 1 aromatic carbocycles. The number of benzene rings is 1. The number of carbonyl (C=O) groups excluding carboxylic acids is 1. The second-order valence-corrected chi connectivity index (χ2v) is 6.10. The maximum absolute atomic E-state index is 12.1. The lowest BCUT2D eigenvalue weighted by Gasteiger charge is -2.39. The highest BCUT2D eigenvalue weighted by atomic mass is 35.5. The number of rotatable bonds is 3. The summed E-state index contributed by atoms with van der Waals surface area (Å²) in [5.41, 5.74) is -0.276. The summed E-state index contributed by atoms with van der Waals surface area (Å²) in [6, 6.07) is 5.19. The molecular weight excluding hydrogens is 294 g/mol. The fraction of sp³-hybridized carbons (Fsp3) is 0.533. The van der Waals surface area contributed by atoms with Gasteiger partial charge in [0.05, 0.1) is 11.7 Å². The highest BCUT2D eigenvalue weighted by Gasteiger charge is 2.37. The Morgan fingerprint density at radius 1 is 1.57 bits per heavy atom. The number of hydrogen-bond acceptors (Lipinski definition) is 4. The van der Waals surface area contributed by atoms with Crippen molar-refractivity contribution >= 4 is 17.5 Å². The zero-order valence-corrected chi connectivity index (χ0v) is 12.9. The van der Waals surface area contributed by atoms with E-state index in [-0.39, 0.29) is 19.1 Å². The van der Waals surface area contributed by atoms with E-state index in [1.54, 1.807) is 25.1 Å². The Bertz CT molecular complexity index is 532. The molecule has 0 saturated carbocycles. The molecule has 2 atom stereocenters. The predicted molar refractivity (Wildman–Crippen MR) is 79.5 cm³/mol. The molecule has 1 heterocycles. The van der Waals surface area contributed by atoms with Crippen LogP contribution in [-0.2, 0) is 4.79 Å².